The average Bonchev–Trinajstić information content (AvgIpc) is 3.17. The van der Waals surface area contributed by atoms with Crippen molar-refractivity contribution in [1.29, 1.82) is 0 Å². The Hall–Kier alpha value is -4.13. The molecule has 1 aromatic heterocycles. The number of halogens is 3. The molecule has 10 nitrogen and oxygen atoms in total. The second kappa shape index (κ2) is 10.0. The Morgan fingerprint density at radius 3 is 2.54 bits per heavy atom. The van der Waals surface area contributed by atoms with E-state index in [1.807, 2.05) is 6.07 Å². The van der Waals surface area contributed by atoms with E-state index in [2.05, 4.69) is 15.3 Å². The molecule has 0 saturated carbocycles. The molecule has 184 valence electrons. The normalized spacial score (nSPS) is 16.3. The molecular weight excluding hydrogens is 473 g/mol. The van der Waals surface area contributed by atoms with Crippen LogP contribution in [-0.2, 0) is 20.9 Å². The Labute approximate surface area is 195 Å². The highest BCUT2D eigenvalue weighted by atomic mass is 19.4. The number of morpholine rings is 1. The van der Waals surface area contributed by atoms with E-state index in [4.69, 9.17) is 9.26 Å². The third-order valence-corrected chi connectivity index (χ3v) is 5.10. The first-order valence-corrected chi connectivity index (χ1v) is 10.4. The first-order valence-electron chi connectivity index (χ1n) is 10.4. The lowest BCUT2D eigenvalue weighted by atomic mass is 10.1. The largest absolute Gasteiger partial charge is 0.573 e. The van der Waals surface area contributed by atoms with Crippen molar-refractivity contribution >= 4 is 17.5 Å². The first-order chi connectivity index (χ1) is 16.7. The van der Waals surface area contributed by atoms with E-state index >= 15 is 0 Å². The maximum Gasteiger partial charge on any atom is 0.573 e. The number of benzene rings is 2. The molecule has 2 heterocycles. The minimum Gasteiger partial charge on any atom is -0.406 e. The molecule has 1 fully saturated rings. The summed E-state index contributed by atoms with van der Waals surface area (Å²) in [6.07, 6.45) is -6.24. The standard InChI is InChI=1S/C22H19F3N4O6/c23-22(24,25)34-16-8-6-14(7-9-16)26-19(30)12-18-20(31)28(10-11-33-18)13-17-21(32)35-27-29(17)15-4-2-1-3-5-15/h1-9,18H,10-13H2,(H-,26,27,30,32)/p+1. The van der Waals surface area contributed by atoms with Gasteiger partial charge in [0.1, 0.15) is 18.4 Å². The molecule has 1 saturated heterocycles. The van der Waals surface area contributed by atoms with Gasteiger partial charge in [0, 0.05) is 24.4 Å². The van der Waals surface area contributed by atoms with Crippen LogP contribution in [0.3, 0.4) is 0 Å². The van der Waals surface area contributed by atoms with Crippen LogP contribution < -0.4 is 20.4 Å². The van der Waals surface area contributed by atoms with E-state index in [-0.39, 0.29) is 37.5 Å². The maximum absolute atomic E-state index is 12.9. The van der Waals surface area contributed by atoms with Crippen molar-refractivity contribution in [1.82, 2.24) is 10.2 Å². The fraction of sp³-hybridized carbons (Fsp3) is 0.273. The molecule has 2 amide bonds. The van der Waals surface area contributed by atoms with Gasteiger partial charge < -0.3 is 19.7 Å². The monoisotopic (exact) mass is 493 g/mol. The van der Waals surface area contributed by atoms with Crippen LogP contribution >= 0.6 is 0 Å². The van der Waals surface area contributed by atoms with Crippen LogP contribution in [0.25, 0.3) is 5.69 Å². The maximum atomic E-state index is 12.9. The topological polar surface area (TPSA) is 118 Å². The van der Waals surface area contributed by atoms with Gasteiger partial charge in [-0.2, -0.15) is 0 Å². The summed E-state index contributed by atoms with van der Waals surface area (Å²) in [5.41, 5.74) is 0.409. The number of amides is 2. The first kappa shape index (κ1) is 24.0. The van der Waals surface area contributed by atoms with Gasteiger partial charge in [-0.05, 0) is 34.2 Å². The van der Waals surface area contributed by atoms with E-state index in [1.165, 1.54) is 21.7 Å². The lowest BCUT2D eigenvalue weighted by molar-refractivity contribution is -0.678. The van der Waals surface area contributed by atoms with E-state index < -0.39 is 35.7 Å². The predicted octanol–water partition coefficient (Wildman–Crippen LogP) is 1.90. The molecule has 1 aliphatic rings. The zero-order valence-corrected chi connectivity index (χ0v) is 18.1. The third kappa shape index (κ3) is 6.06. The molecule has 0 spiro atoms. The lowest BCUT2D eigenvalue weighted by Crippen LogP contribution is -2.51. The summed E-state index contributed by atoms with van der Waals surface area (Å²) in [5, 5.41) is 5.01. The van der Waals surface area contributed by atoms with Crippen molar-refractivity contribution in [2.45, 2.75) is 25.4 Å². The predicted molar refractivity (Wildman–Crippen MR) is 112 cm³/mol. The summed E-state index contributed by atoms with van der Waals surface area (Å²) < 4.78 is 52.4. The van der Waals surface area contributed by atoms with Crippen LogP contribution in [-0.4, -0.2) is 47.6 Å². The van der Waals surface area contributed by atoms with Gasteiger partial charge in [0.05, 0.1) is 13.0 Å². The summed E-state index contributed by atoms with van der Waals surface area (Å²) >= 11 is 0. The molecule has 0 aliphatic carbocycles. The molecule has 4 rings (SSSR count). The van der Waals surface area contributed by atoms with E-state index in [1.54, 1.807) is 24.3 Å². The minimum absolute atomic E-state index is 0.0678. The van der Waals surface area contributed by atoms with Gasteiger partial charge in [-0.3, -0.25) is 14.1 Å². The molecule has 0 radical (unpaired) electrons. The smallest absolute Gasteiger partial charge is 0.406 e. The van der Waals surface area contributed by atoms with Crippen LogP contribution in [0.4, 0.5) is 18.9 Å². The lowest BCUT2D eigenvalue weighted by Gasteiger charge is -2.30. The number of nitrogens with one attached hydrogen (secondary N) is 2. The number of ether oxygens (including phenoxy) is 2. The van der Waals surface area contributed by atoms with Gasteiger partial charge in [0.2, 0.25) is 11.6 Å². The molecular formula is C22H20F3N4O6+. The number of rotatable bonds is 7. The molecule has 1 unspecified atom stereocenters. The number of H-pyrrole nitrogens is 1. The number of carbonyl (C=O) groups is 2. The number of anilines is 1. The molecule has 1 atom stereocenters. The molecule has 13 heteroatoms. The van der Waals surface area contributed by atoms with Crippen molar-refractivity contribution in [3.8, 4) is 11.4 Å². The van der Waals surface area contributed by atoms with Crippen molar-refractivity contribution in [3.63, 3.8) is 0 Å². The van der Waals surface area contributed by atoms with E-state index in [0.717, 1.165) is 12.1 Å². The van der Waals surface area contributed by atoms with Gasteiger partial charge in [0.25, 0.3) is 5.91 Å². The summed E-state index contributed by atoms with van der Waals surface area (Å²) in [4.78, 5) is 39.0. The van der Waals surface area contributed by atoms with Gasteiger partial charge in [0.15, 0.2) is 0 Å². The molecule has 1 aliphatic heterocycles. The molecule has 2 N–H and O–H groups in total. The highest BCUT2D eigenvalue weighted by Crippen LogP contribution is 2.24. The zero-order chi connectivity index (χ0) is 25.0. The third-order valence-electron chi connectivity index (χ3n) is 5.10. The fourth-order valence-corrected chi connectivity index (χ4v) is 3.51. The Bertz CT molecular complexity index is 1240. The number of aromatic nitrogens is 2. The summed E-state index contributed by atoms with van der Waals surface area (Å²) in [6.45, 7) is 0.285. The number of aromatic amines is 1. The number of para-hydroxylation sites is 1. The second-order valence-corrected chi connectivity index (χ2v) is 7.54. The highest BCUT2D eigenvalue weighted by Gasteiger charge is 2.35. The average molecular weight is 493 g/mol. The number of nitrogens with zero attached hydrogens (tertiary/aromatic N) is 2. The molecule has 3 aromatic rings. The van der Waals surface area contributed by atoms with Crippen molar-refractivity contribution in [2.75, 3.05) is 18.5 Å². The minimum atomic E-state index is -4.82. The zero-order valence-electron chi connectivity index (χ0n) is 18.1. The highest BCUT2D eigenvalue weighted by molar-refractivity contribution is 5.95. The fourth-order valence-electron chi connectivity index (χ4n) is 3.51. The van der Waals surface area contributed by atoms with Crippen LogP contribution in [0.2, 0.25) is 0 Å². The Balaban J connectivity index is 1.38. The SMILES string of the molecule is O=C(CC1OCCN(Cc2c(=O)o[nH][n+]2-c2ccccc2)C1=O)Nc1ccc(OC(F)(F)F)cc1. The Kier molecular flexibility index (Phi) is 6.87. The van der Waals surface area contributed by atoms with E-state index in [9.17, 15) is 27.6 Å². The van der Waals surface area contributed by atoms with Crippen molar-refractivity contribution in [3.05, 3.63) is 70.7 Å². The van der Waals surface area contributed by atoms with Gasteiger partial charge >= 0.3 is 17.7 Å². The number of carbonyl (C=O) groups excluding carboxylic acids is 2. The molecule has 0 bridgehead atoms. The molecule has 35 heavy (non-hydrogen) atoms. The van der Waals surface area contributed by atoms with Crippen LogP contribution in [0.15, 0.2) is 63.9 Å². The number of hydrogen-bond donors (Lipinski definition) is 2. The van der Waals surface area contributed by atoms with E-state index in [0.29, 0.717) is 5.69 Å². The number of hydrogen-bond acceptors (Lipinski definition) is 6. The quantitative estimate of drug-likeness (QED) is 0.486. The summed E-state index contributed by atoms with van der Waals surface area (Å²) in [7, 11) is 0. The van der Waals surface area contributed by atoms with Crippen LogP contribution in [0, 0.1) is 0 Å². The van der Waals surface area contributed by atoms with Crippen LogP contribution in [0.1, 0.15) is 12.1 Å². The van der Waals surface area contributed by atoms with Crippen molar-refractivity contribution < 1.29 is 41.4 Å². The second-order valence-electron chi connectivity index (χ2n) is 7.54. The van der Waals surface area contributed by atoms with Crippen molar-refractivity contribution in [2.24, 2.45) is 0 Å². The Morgan fingerprint density at radius 1 is 1.14 bits per heavy atom. The van der Waals surface area contributed by atoms with Crippen LogP contribution in [0.5, 0.6) is 5.75 Å². The van der Waals surface area contributed by atoms with Gasteiger partial charge in [-0.1, -0.05) is 18.2 Å². The number of alkyl halides is 3. The summed E-state index contributed by atoms with van der Waals surface area (Å²) in [6, 6.07) is 13.5. The summed E-state index contributed by atoms with van der Waals surface area (Å²) in [5.74, 6) is -1.49. The van der Waals surface area contributed by atoms with Gasteiger partial charge in [-0.15, -0.1) is 13.2 Å². The molecule has 2 aromatic carbocycles. The van der Waals surface area contributed by atoms with Gasteiger partial charge in [-0.25, -0.2) is 4.79 Å². The Morgan fingerprint density at radius 2 is 1.86 bits per heavy atom.